The summed E-state index contributed by atoms with van der Waals surface area (Å²) in [5.74, 6) is 3.58. The number of rotatable bonds is 8. The zero-order chi connectivity index (χ0) is 17.5. The van der Waals surface area contributed by atoms with E-state index in [1.54, 1.807) is 14.2 Å². The van der Waals surface area contributed by atoms with Gasteiger partial charge in [0.2, 0.25) is 5.75 Å². The highest BCUT2D eigenvalue weighted by Gasteiger charge is 2.21. The molecule has 6 heteroatoms. The van der Waals surface area contributed by atoms with E-state index in [0.717, 1.165) is 24.6 Å². The Bertz CT molecular complexity index is 669. The summed E-state index contributed by atoms with van der Waals surface area (Å²) in [7, 11) is 3.23. The van der Waals surface area contributed by atoms with E-state index >= 15 is 0 Å². The number of hydrogen-bond donors (Lipinski definition) is 1. The average molecular weight is 346 g/mol. The Hall–Kier alpha value is -2.60. The highest BCUT2D eigenvalue weighted by atomic mass is 16.6. The summed E-state index contributed by atoms with van der Waals surface area (Å²) in [4.78, 5) is 0. The van der Waals surface area contributed by atoms with Crippen LogP contribution in [0.3, 0.4) is 0 Å². The molecule has 1 heterocycles. The first kappa shape index (κ1) is 17.2. The monoisotopic (exact) mass is 346 g/mol. The van der Waals surface area contributed by atoms with E-state index in [0.29, 0.717) is 30.5 Å². The number of hydrogen-bond acceptors (Lipinski definition) is 5. The van der Waals surface area contributed by atoms with Crippen molar-refractivity contribution in [1.29, 1.82) is 0 Å². The Morgan fingerprint density at radius 1 is 1.00 bits per heavy atom. The van der Waals surface area contributed by atoms with Crippen LogP contribution in [0.1, 0.15) is 0 Å². The second-order valence-corrected chi connectivity index (χ2v) is 5.65. The fourth-order valence-electron chi connectivity index (χ4n) is 2.69. The maximum atomic E-state index is 5.93. The maximum Gasteiger partial charge on any atom is 0.203 e. The van der Waals surface area contributed by atoms with Crippen LogP contribution in [0, 0.1) is 0 Å². The van der Waals surface area contributed by atoms with E-state index < -0.39 is 0 Å². The Balaban J connectivity index is 1.43. The van der Waals surface area contributed by atoms with Gasteiger partial charge in [-0.05, 0) is 24.3 Å². The van der Waals surface area contributed by atoms with E-state index in [1.807, 2.05) is 42.5 Å². The minimum atomic E-state index is 0.0377. The van der Waals surface area contributed by atoms with Gasteiger partial charge in [0.15, 0.2) is 29.1 Å². The smallest absolute Gasteiger partial charge is 0.203 e. The molecule has 0 saturated heterocycles. The molecule has 0 radical (unpaired) electrons. The lowest BCUT2D eigenvalue weighted by molar-refractivity contribution is -0.661. The third-order valence-corrected chi connectivity index (χ3v) is 3.95. The highest BCUT2D eigenvalue weighted by Crippen LogP contribution is 2.36. The summed E-state index contributed by atoms with van der Waals surface area (Å²) in [6, 6.07) is 13.3. The van der Waals surface area contributed by atoms with Crippen LogP contribution in [-0.4, -0.2) is 46.6 Å². The third kappa shape index (κ3) is 4.28. The molecular formula is C19H24NO5+. The molecule has 0 amide bonds. The lowest BCUT2D eigenvalue weighted by atomic mass is 10.2. The lowest BCUT2D eigenvalue weighted by Gasteiger charge is -2.25. The van der Waals surface area contributed by atoms with Crippen LogP contribution in [0.2, 0.25) is 0 Å². The van der Waals surface area contributed by atoms with Gasteiger partial charge in [-0.3, -0.25) is 0 Å². The summed E-state index contributed by atoms with van der Waals surface area (Å²) in [6.07, 6.45) is 0.0377. The predicted molar refractivity (Wildman–Crippen MR) is 93.1 cm³/mol. The van der Waals surface area contributed by atoms with Crippen LogP contribution in [0.4, 0.5) is 0 Å². The quantitative estimate of drug-likeness (QED) is 0.734. The van der Waals surface area contributed by atoms with Crippen molar-refractivity contribution in [2.24, 2.45) is 0 Å². The van der Waals surface area contributed by atoms with Crippen molar-refractivity contribution >= 4 is 0 Å². The fraction of sp³-hybridized carbons (Fsp3) is 0.368. The molecule has 134 valence electrons. The summed E-state index contributed by atoms with van der Waals surface area (Å²) < 4.78 is 28.1. The predicted octanol–water partition coefficient (Wildman–Crippen LogP) is 1.49. The van der Waals surface area contributed by atoms with Gasteiger partial charge >= 0.3 is 0 Å². The number of quaternary nitrogens is 1. The van der Waals surface area contributed by atoms with Crippen LogP contribution >= 0.6 is 0 Å². The molecule has 1 unspecified atom stereocenters. The van der Waals surface area contributed by atoms with Gasteiger partial charge in [-0.15, -0.1) is 0 Å². The SMILES string of the molecule is COc1cccc(OC)c1OCC[NH2+]CC1COc2ccccc2O1. The topological polar surface area (TPSA) is 62.8 Å². The minimum Gasteiger partial charge on any atom is -0.493 e. The molecule has 3 rings (SSSR count). The zero-order valence-corrected chi connectivity index (χ0v) is 14.6. The van der Waals surface area contributed by atoms with Crippen molar-refractivity contribution in [3.05, 3.63) is 42.5 Å². The second kappa shape index (κ2) is 8.48. The van der Waals surface area contributed by atoms with Crippen LogP contribution in [-0.2, 0) is 0 Å². The molecule has 2 N–H and O–H groups in total. The number of nitrogens with two attached hydrogens (primary N) is 1. The third-order valence-electron chi connectivity index (χ3n) is 3.95. The molecule has 0 saturated carbocycles. The zero-order valence-electron chi connectivity index (χ0n) is 14.6. The minimum absolute atomic E-state index is 0.0377. The number of benzene rings is 2. The number of para-hydroxylation sites is 3. The van der Waals surface area contributed by atoms with Gasteiger partial charge in [0.05, 0.1) is 14.2 Å². The van der Waals surface area contributed by atoms with Crippen molar-refractivity contribution < 1.29 is 29.0 Å². The Kier molecular flexibility index (Phi) is 5.85. The fourth-order valence-corrected chi connectivity index (χ4v) is 2.69. The number of ether oxygens (including phenoxy) is 5. The van der Waals surface area contributed by atoms with Gasteiger partial charge < -0.3 is 29.0 Å². The van der Waals surface area contributed by atoms with E-state index in [2.05, 4.69) is 5.32 Å². The van der Waals surface area contributed by atoms with Gasteiger partial charge in [0.25, 0.3) is 0 Å². The Morgan fingerprint density at radius 3 is 2.44 bits per heavy atom. The first-order chi connectivity index (χ1) is 12.3. The molecule has 6 nitrogen and oxygen atoms in total. The van der Waals surface area contributed by atoms with E-state index in [4.69, 9.17) is 23.7 Å². The molecule has 1 atom stereocenters. The Labute approximate surface area is 147 Å². The molecule has 2 aromatic rings. The molecule has 1 aliphatic rings. The molecule has 2 aromatic carbocycles. The van der Waals surface area contributed by atoms with Crippen LogP contribution in [0.5, 0.6) is 28.7 Å². The first-order valence-electron chi connectivity index (χ1n) is 8.35. The molecule has 0 spiro atoms. The molecule has 1 aliphatic heterocycles. The van der Waals surface area contributed by atoms with Gasteiger partial charge in [0, 0.05) is 0 Å². The molecule has 0 bridgehead atoms. The molecule has 25 heavy (non-hydrogen) atoms. The summed E-state index contributed by atoms with van der Waals surface area (Å²) >= 11 is 0. The maximum absolute atomic E-state index is 5.93. The molecule has 0 aliphatic carbocycles. The summed E-state index contributed by atoms with van der Waals surface area (Å²) in [5.41, 5.74) is 0. The van der Waals surface area contributed by atoms with Gasteiger partial charge in [0.1, 0.15) is 26.3 Å². The van der Waals surface area contributed by atoms with Gasteiger partial charge in [-0.25, -0.2) is 0 Å². The second-order valence-electron chi connectivity index (χ2n) is 5.65. The summed E-state index contributed by atoms with van der Waals surface area (Å²) in [5, 5.41) is 2.16. The average Bonchev–Trinajstić information content (AvgIpc) is 2.67. The van der Waals surface area contributed by atoms with Crippen molar-refractivity contribution in [3.8, 4) is 28.7 Å². The van der Waals surface area contributed by atoms with Gasteiger partial charge in [-0.1, -0.05) is 18.2 Å². The van der Waals surface area contributed by atoms with E-state index in [9.17, 15) is 0 Å². The summed E-state index contributed by atoms with van der Waals surface area (Å²) in [6.45, 7) is 2.71. The van der Waals surface area contributed by atoms with Crippen molar-refractivity contribution in [2.75, 3.05) is 40.5 Å². The van der Waals surface area contributed by atoms with Crippen molar-refractivity contribution in [1.82, 2.24) is 0 Å². The van der Waals surface area contributed by atoms with Gasteiger partial charge in [-0.2, -0.15) is 0 Å². The molecule has 0 fully saturated rings. The standard InChI is InChI=1S/C19H23NO5/c1-21-17-8-5-9-18(22-2)19(17)23-11-10-20-12-14-13-24-15-6-3-4-7-16(15)25-14/h3-9,14,20H,10-13H2,1-2H3/p+1. The molecular weight excluding hydrogens is 322 g/mol. The highest BCUT2D eigenvalue weighted by molar-refractivity contribution is 5.51. The normalized spacial score (nSPS) is 15.5. The molecule has 0 aromatic heterocycles. The van der Waals surface area contributed by atoms with Crippen molar-refractivity contribution in [2.45, 2.75) is 6.10 Å². The first-order valence-corrected chi connectivity index (χ1v) is 8.35. The van der Waals surface area contributed by atoms with Crippen LogP contribution in [0.25, 0.3) is 0 Å². The van der Waals surface area contributed by atoms with Crippen LogP contribution in [0.15, 0.2) is 42.5 Å². The van der Waals surface area contributed by atoms with Crippen LogP contribution < -0.4 is 29.0 Å². The van der Waals surface area contributed by atoms with E-state index in [1.165, 1.54) is 0 Å². The van der Waals surface area contributed by atoms with E-state index in [-0.39, 0.29) is 6.10 Å². The largest absolute Gasteiger partial charge is 0.493 e. The van der Waals surface area contributed by atoms with Crippen molar-refractivity contribution in [3.63, 3.8) is 0 Å². The number of fused-ring (bicyclic) bond motifs is 1. The Morgan fingerprint density at radius 2 is 1.72 bits per heavy atom. The number of methoxy groups -OCH3 is 2. The lowest BCUT2D eigenvalue weighted by Crippen LogP contribution is -2.88.